The molecule has 1 aromatic heterocycles. The van der Waals surface area contributed by atoms with Gasteiger partial charge in [-0.15, -0.1) is 0 Å². The zero-order chi connectivity index (χ0) is 17.3. The third-order valence-corrected chi connectivity index (χ3v) is 4.04. The highest BCUT2D eigenvalue weighted by Crippen LogP contribution is 2.35. The molecule has 0 fully saturated rings. The van der Waals surface area contributed by atoms with Gasteiger partial charge < -0.3 is 5.73 Å². The zero-order valence-corrected chi connectivity index (χ0v) is 13.5. The fraction of sp³-hybridized carbons (Fsp3) is 0.100. The van der Waals surface area contributed by atoms with E-state index in [1.807, 2.05) is 38.1 Å². The largest absolute Gasteiger partial charge is 0.383 e. The highest BCUT2D eigenvalue weighted by molar-refractivity contribution is 5.84. The van der Waals surface area contributed by atoms with Crippen LogP contribution >= 0.6 is 0 Å². The summed E-state index contributed by atoms with van der Waals surface area (Å²) in [6.07, 6.45) is 0. The van der Waals surface area contributed by atoms with Gasteiger partial charge in [-0.2, -0.15) is 5.26 Å². The molecule has 0 aliphatic rings. The number of anilines is 1. The van der Waals surface area contributed by atoms with E-state index in [-0.39, 0.29) is 11.6 Å². The Morgan fingerprint density at radius 1 is 0.958 bits per heavy atom. The van der Waals surface area contributed by atoms with Crippen LogP contribution in [-0.4, -0.2) is 4.98 Å². The smallest absolute Gasteiger partial charge is 0.142 e. The molecule has 3 rings (SSSR count). The lowest BCUT2D eigenvalue weighted by Gasteiger charge is -2.15. The molecule has 0 amide bonds. The van der Waals surface area contributed by atoms with Crippen molar-refractivity contribution in [3.05, 3.63) is 71.0 Å². The number of nitrogens with two attached hydrogens (primary N) is 1. The fourth-order valence-electron chi connectivity index (χ4n) is 2.78. The van der Waals surface area contributed by atoms with Crippen LogP contribution in [0.5, 0.6) is 0 Å². The van der Waals surface area contributed by atoms with Crippen LogP contribution in [0.4, 0.5) is 10.2 Å². The van der Waals surface area contributed by atoms with E-state index < -0.39 is 0 Å². The topological polar surface area (TPSA) is 62.7 Å². The number of benzene rings is 2. The van der Waals surface area contributed by atoms with Crippen molar-refractivity contribution in [1.82, 2.24) is 4.98 Å². The molecule has 0 bridgehead atoms. The van der Waals surface area contributed by atoms with E-state index in [2.05, 4.69) is 11.1 Å². The quantitative estimate of drug-likeness (QED) is 0.750. The standard InChI is InChI=1S/C20H16FN3/c1-12-3-5-14(6-4-12)18-13(2)19(24-20(23)17(18)11-22)15-7-9-16(21)10-8-15/h3-10H,1-2H3,(H2,23,24). The maximum atomic E-state index is 13.2. The van der Waals surface area contributed by atoms with Gasteiger partial charge in [0.15, 0.2) is 0 Å². The molecule has 0 radical (unpaired) electrons. The first-order chi connectivity index (χ1) is 11.5. The van der Waals surface area contributed by atoms with Crippen LogP contribution in [0.25, 0.3) is 22.4 Å². The van der Waals surface area contributed by atoms with Crippen LogP contribution in [0.3, 0.4) is 0 Å². The van der Waals surface area contributed by atoms with Crippen molar-refractivity contribution in [2.45, 2.75) is 13.8 Å². The lowest BCUT2D eigenvalue weighted by molar-refractivity contribution is 0.628. The summed E-state index contributed by atoms with van der Waals surface area (Å²) in [7, 11) is 0. The molecule has 1 heterocycles. The molecule has 0 saturated carbocycles. The van der Waals surface area contributed by atoms with Crippen molar-refractivity contribution in [2.24, 2.45) is 0 Å². The number of hydrogen-bond donors (Lipinski definition) is 1. The van der Waals surface area contributed by atoms with E-state index >= 15 is 0 Å². The SMILES string of the molecule is Cc1ccc(-c2c(C)c(-c3ccc(F)cc3)nc(N)c2C#N)cc1. The summed E-state index contributed by atoms with van der Waals surface area (Å²) in [6, 6.07) is 16.2. The second kappa shape index (κ2) is 6.13. The first kappa shape index (κ1) is 15.7. The maximum Gasteiger partial charge on any atom is 0.142 e. The molecular formula is C20H16FN3. The monoisotopic (exact) mass is 317 g/mol. The normalized spacial score (nSPS) is 10.4. The first-order valence-corrected chi connectivity index (χ1v) is 7.54. The molecule has 0 aliphatic heterocycles. The van der Waals surface area contributed by atoms with Gasteiger partial charge in [0.2, 0.25) is 0 Å². The molecular weight excluding hydrogens is 301 g/mol. The van der Waals surface area contributed by atoms with Crippen molar-refractivity contribution in [3.63, 3.8) is 0 Å². The summed E-state index contributed by atoms with van der Waals surface area (Å²) >= 11 is 0. The first-order valence-electron chi connectivity index (χ1n) is 7.54. The molecule has 4 heteroatoms. The Hall–Kier alpha value is -3.19. The van der Waals surface area contributed by atoms with Gasteiger partial charge in [-0.3, -0.25) is 0 Å². The summed E-state index contributed by atoms with van der Waals surface area (Å²) < 4.78 is 13.2. The van der Waals surface area contributed by atoms with Gasteiger partial charge in [0.05, 0.1) is 5.69 Å². The Labute approximate surface area is 140 Å². The molecule has 118 valence electrons. The summed E-state index contributed by atoms with van der Waals surface area (Å²) in [5.74, 6) is -0.130. The van der Waals surface area contributed by atoms with Crippen LogP contribution in [0.15, 0.2) is 48.5 Å². The number of aromatic nitrogens is 1. The van der Waals surface area contributed by atoms with Gasteiger partial charge in [0.1, 0.15) is 23.3 Å². The number of aryl methyl sites for hydroxylation is 1. The van der Waals surface area contributed by atoms with Crippen molar-refractivity contribution >= 4 is 5.82 Å². The van der Waals surface area contributed by atoms with Crippen LogP contribution in [-0.2, 0) is 0 Å². The van der Waals surface area contributed by atoms with E-state index in [9.17, 15) is 9.65 Å². The van der Waals surface area contributed by atoms with Gasteiger partial charge in [0.25, 0.3) is 0 Å². The maximum absolute atomic E-state index is 13.2. The van der Waals surface area contributed by atoms with E-state index in [1.54, 1.807) is 12.1 Å². The predicted octanol–water partition coefficient (Wildman–Crippen LogP) is 4.63. The molecule has 0 unspecified atom stereocenters. The molecule has 0 saturated heterocycles. The number of nitrogens with zero attached hydrogens (tertiary/aromatic N) is 2. The van der Waals surface area contributed by atoms with Crippen LogP contribution in [0.1, 0.15) is 16.7 Å². The number of nitrogen functional groups attached to an aromatic ring is 1. The number of pyridine rings is 1. The second-order valence-corrected chi connectivity index (χ2v) is 5.71. The molecule has 24 heavy (non-hydrogen) atoms. The van der Waals surface area contributed by atoms with E-state index in [0.29, 0.717) is 11.3 Å². The second-order valence-electron chi connectivity index (χ2n) is 5.71. The van der Waals surface area contributed by atoms with E-state index in [0.717, 1.165) is 27.8 Å². The van der Waals surface area contributed by atoms with Crippen LogP contribution in [0.2, 0.25) is 0 Å². The Balaban J connectivity index is 2.29. The lowest BCUT2D eigenvalue weighted by atomic mass is 9.92. The Bertz CT molecular complexity index is 937. The summed E-state index contributed by atoms with van der Waals surface area (Å²) in [5.41, 5.74) is 11.5. The average molecular weight is 317 g/mol. The Morgan fingerprint density at radius 2 is 1.54 bits per heavy atom. The highest BCUT2D eigenvalue weighted by Gasteiger charge is 2.18. The number of nitriles is 1. The van der Waals surface area contributed by atoms with Crippen molar-refractivity contribution in [3.8, 4) is 28.5 Å². The number of halogens is 1. The summed E-state index contributed by atoms with van der Waals surface area (Å²) in [4.78, 5) is 4.38. The summed E-state index contributed by atoms with van der Waals surface area (Å²) in [5, 5.41) is 9.52. The van der Waals surface area contributed by atoms with E-state index in [4.69, 9.17) is 5.73 Å². The highest BCUT2D eigenvalue weighted by atomic mass is 19.1. The lowest BCUT2D eigenvalue weighted by Crippen LogP contribution is -2.03. The molecule has 2 N–H and O–H groups in total. The van der Waals surface area contributed by atoms with Crippen molar-refractivity contribution in [2.75, 3.05) is 5.73 Å². The number of hydrogen-bond acceptors (Lipinski definition) is 3. The summed E-state index contributed by atoms with van der Waals surface area (Å²) in [6.45, 7) is 3.91. The fourth-order valence-corrected chi connectivity index (χ4v) is 2.78. The van der Waals surface area contributed by atoms with Gasteiger partial charge in [0, 0.05) is 11.1 Å². The molecule has 3 aromatic rings. The van der Waals surface area contributed by atoms with Gasteiger partial charge in [-0.05, 0) is 49.2 Å². The Kier molecular flexibility index (Phi) is 4.01. The van der Waals surface area contributed by atoms with Crippen LogP contribution < -0.4 is 5.73 Å². The Morgan fingerprint density at radius 3 is 2.12 bits per heavy atom. The predicted molar refractivity (Wildman–Crippen MR) is 93.7 cm³/mol. The van der Waals surface area contributed by atoms with Crippen molar-refractivity contribution < 1.29 is 4.39 Å². The molecule has 2 aromatic carbocycles. The van der Waals surface area contributed by atoms with Gasteiger partial charge in [-0.1, -0.05) is 29.8 Å². The van der Waals surface area contributed by atoms with Crippen LogP contribution in [0, 0.1) is 31.0 Å². The van der Waals surface area contributed by atoms with Gasteiger partial charge >= 0.3 is 0 Å². The molecule has 0 aliphatic carbocycles. The van der Waals surface area contributed by atoms with Gasteiger partial charge in [-0.25, -0.2) is 9.37 Å². The minimum Gasteiger partial charge on any atom is -0.383 e. The number of rotatable bonds is 2. The molecule has 0 atom stereocenters. The minimum atomic E-state index is -0.309. The third kappa shape index (κ3) is 2.72. The average Bonchev–Trinajstić information content (AvgIpc) is 2.58. The minimum absolute atomic E-state index is 0.179. The van der Waals surface area contributed by atoms with Crippen molar-refractivity contribution in [1.29, 1.82) is 5.26 Å². The molecule has 0 spiro atoms. The van der Waals surface area contributed by atoms with E-state index in [1.165, 1.54) is 12.1 Å². The third-order valence-electron chi connectivity index (χ3n) is 4.04. The zero-order valence-electron chi connectivity index (χ0n) is 13.5. The molecule has 3 nitrogen and oxygen atoms in total.